The second-order valence-electron chi connectivity index (χ2n) is 1.94. The molecule has 11 heavy (non-hydrogen) atoms. The number of carbonyl (C=O) groups is 1. The van der Waals surface area contributed by atoms with E-state index in [9.17, 15) is 4.79 Å². The largest absolute Gasteiger partial charge is 0.456 e. The van der Waals surface area contributed by atoms with Crippen molar-refractivity contribution in [3.05, 3.63) is 0 Å². The van der Waals surface area contributed by atoms with Gasteiger partial charge < -0.3 is 4.74 Å². The second-order valence-corrected chi connectivity index (χ2v) is 1.94. The van der Waals surface area contributed by atoms with E-state index in [1.165, 1.54) is 0 Å². The lowest BCUT2D eigenvalue weighted by Gasteiger charge is -1.97. The molecule has 0 aromatic heterocycles. The molecule has 2 heteroatoms. The van der Waals surface area contributed by atoms with Crippen LogP contribution in [0.5, 0.6) is 0 Å². The lowest BCUT2D eigenvalue weighted by molar-refractivity contribution is -0.136. The van der Waals surface area contributed by atoms with Gasteiger partial charge in [0.05, 0.1) is 6.61 Å². The van der Waals surface area contributed by atoms with Gasteiger partial charge in [-0.15, -0.1) is 18.8 Å². The number of esters is 1. The monoisotopic (exact) mass is 150 g/mol. The van der Waals surface area contributed by atoms with Crippen LogP contribution in [0.2, 0.25) is 0 Å². The van der Waals surface area contributed by atoms with Crippen LogP contribution in [0.3, 0.4) is 0 Å². The molecule has 0 atom stereocenters. The van der Waals surface area contributed by atoms with Crippen molar-refractivity contribution in [1.82, 2.24) is 0 Å². The second kappa shape index (κ2) is 6.71. The molecule has 0 aliphatic carbocycles. The summed E-state index contributed by atoms with van der Waals surface area (Å²) in [5, 5.41) is 0. The lowest BCUT2D eigenvalue weighted by atomic mass is 10.2. The molecular weight excluding hydrogens is 140 g/mol. The smallest absolute Gasteiger partial charge is 0.384 e. The summed E-state index contributed by atoms with van der Waals surface area (Å²) in [5.41, 5.74) is 0. The summed E-state index contributed by atoms with van der Waals surface area (Å²) in [7, 11) is 0. The standard InChI is InChI=1S/C9H10O2/c1-3-5-6-7-8-11-9(10)4-2/h1-2H,5-8H2. The first-order valence-corrected chi connectivity index (χ1v) is 3.38. The van der Waals surface area contributed by atoms with Gasteiger partial charge in [0, 0.05) is 12.3 Å². The average Bonchev–Trinajstić information content (AvgIpc) is 2.04. The van der Waals surface area contributed by atoms with Gasteiger partial charge in [-0.3, -0.25) is 0 Å². The number of unbranched alkanes of at least 4 members (excludes halogenated alkanes) is 2. The van der Waals surface area contributed by atoms with Crippen molar-refractivity contribution in [2.45, 2.75) is 19.3 Å². The average molecular weight is 150 g/mol. The number of hydrogen-bond donors (Lipinski definition) is 0. The highest BCUT2D eigenvalue weighted by molar-refractivity contribution is 5.87. The third-order valence-corrected chi connectivity index (χ3v) is 1.07. The minimum absolute atomic E-state index is 0.366. The molecule has 0 aromatic carbocycles. The fourth-order valence-electron chi connectivity index (χ4n) is 0.536. The van der Waals surface area contributed by atoms with E-state index < -0.39 is 5.97 Å². The quantitative estimate of drug-likeness (QED) is 0.258. The molecule has 0 aliphatic heterocycles. The number of hydrogen-bond acceptors (Lipinski definition) is 2. The van der Waals surface area contributed by atoms with Crippen LogP contribution in [0, 0.1) is 24.7 Å². The molecule has 58 valence electrons. The van der Waals surface area contributed by atoms with Crippen LogP contribution in [0.1, 0.15) is 19.3 Å². The van der Waals surface area contributed by atoms with Crippen molar-refractivity contribution in [3.63, 3.8) is 0 Å². The molecule has 0 fully saturated rings. The van der Waals surface area contributed by atoms with E-state index in [0.717, 1.165) is 12.8 Å². The highest BCUT2D eigenvalue weighted by Crippen LogP contribution is 1.93. The fourth-order valence-corrected chi connectivity index (χ4v) is 0.536. The third-order valence-electron chi connectivity index (χ3n) is 1.07. The summed E-state index contributed by atoms with van der Waals surface area (Å²) in [6, 6.07) is 0. The maximum Gasteiger partial charge on any atom is 0.384 e. The Labute approximate surface area is 66.9 Å². The summed E-state index contributed by atoms with van der Waals surface area (Å²) in [4.78, 5) is 10.3. The first-order chi connectivity index (χ1) is 5.31. The molecule has 0 heterocycles. The van der Waals surface area contributed by atoms with Gasteiger partial charge in [-0.1, -0.05) is 0 Å². The van der Waals surface area contributed by atoms with E-state index in [0.29, 0.717) is 13.0 Å². The van der Waals surface area contributed by atoms with Crippen LogP contribution in [-0.2, 0) is 9.53 Å². The first kappa shape index (κ1) is 9.59. The Morgan fingerprint density at radius 1 is 1.36 bits per heavy atom. The summed E-state index contributed by atoms with van der Waals surface area (Å²) in [6.45, 7) is 0.366. The maximum absolute atomic E-state index is 10.3. The van der Waals surface area contributed by atoms with Gasteiger partial charge in [0.2, 0.25) is 0 Å². The summed E-state index contributed by atoms with van der Waals surface area (Å²) < 4.78 is 4.59. The molecule has 0 radical (unpaired) electrons. The van der Waals surface area contributed by atoms with Crippen LogP contribution in [0.15, 0.2) is 0 Å². The van der Waals surface area contributed by atoms with E-state index in [2.05, 4.69) is 10.7 Å². The minimum Gasteiger partial charge on any atom is -0.456 e. The highest BCUT2D eigenvalue weighted by atomic mass is 16.5. The molecule has 0 aliphatic rings. The fraction of sp³-hybridized carbons (Fsp3) is 0.444. The van der Waals surface area contributed by atoms with Crippen molar-refractivity contribution in [1.29, 1.82) is 0 Å². The molecular formula is C9H10O2. The van der Waals surface area contributed by atoms with Gasteiger partial charge in [-0.25, -0.2) is 4.79 Å². The third kappa shape index (κ3) is 6.48. The molecule has 0 unspecified atom stereocenters. The molecule has 0 spiro atoms. The molecule has 0 bridgehead atoms. The summed E-state index contributed by atoms with van der Waals surface area (Å²) in [5.74, 6) is 3.74. The number of terminal acetylenes is 2. The zero-order valence-electron chi connectivity index (χ0n) is 6.30. The van der Waals surface area contributed by atoms with Crippen LogP contribution < -0.4 is 0 Å². The van der Waals surface area contributed by atoms with E-state index >= 15 is 0 Å². The van der Waals surface area contributed by atoms with Crippen LogP contribution in [0.25, 0.3) is 0 Å². The van der Waals surface area contributed by atoms with E-state index in [1.54, 1.807) is 0 Å². The molecule has 0 amide bonds. The van der Waals surface area contributed by atoms with Gasteiger partial charge in [0.25, 0.3) is 0 Å². The zero-order chi connectivity index (χ0) is 8.53. The van der Waals surface area contributed by atoms with Crippen LogP contribution in [-0.4, -0.2) is 12.6 Å². The van der Waals surface area contributed by atoms with Gasteiger partial charge in [0.15, 0.2) is 0 Å². The SMILES string of the molecule is C#CCCCCOC(=O)C#C. The summed E-state index contributed by atoms with van der Waals surface area (Å²) >= 11 is 0. The Bertz CT molecular complexity index is 193. The van der Waals surface area contributed by atoms with Gasteiger partial charge in [-0.05, 0) is 12.8 Å². The predicted octanol–water partition coefficient (Wildman–Crippen LogP) is 0.966. The minimum atomic E-state index is -0.606. The number of ether oxygens (including phenoxy) is 1. The van der Waals surface area contributed by atoms with E-state index in [1.807, 2.05) is 5.92 Å². The molecule has 0 saturated heterocycles. The highest BCUT2D eigenvalue weighted by Gasteiger charge is 1.93. The number of carbonyl (C=O) groups excluding carboxylic acids is 1. The van der Waals surface area contributed by atoms with Crippen LogP contribution in [0.4, 0.5) is 0 Å². The zero-order valence-corrected chi connectivity index (χ0v) is 6.30. The molecule has 2 nitrogen and oxygen atoms in total. The van der Waals surface area contributed by atoms with Crippen molar-refractivity contribution in [2.24, 2.45) is 0 Å². The van der Waals surface area contributed by atoms with E-state index in [-0.39, 0.29) is 0 Å². The molecule has 0 N–H and O–H groups in total. The topological polar surface area (TPSA) is 26.3 Å². The molecule has 0 rings (SSSR count). The van der Waals surface area contributed by atoms with Crippen molar-refractivity contribution in [2.75, 3.05) is 6.61 Å². The summed E-state index contributed by atoms with van der Waals surface area (Å²) in [6.07, 6.45) is 12.1. The van der Waals surface area contributed by atoms with Crippen molar-refractivity contribution >= 4 is 5.97 Å². The van der Waals surface area contributed by atoms with Crippen molar-refractivity contribution in [3.8, 4) is 24.7 Å². The van der Waals surface area contributed by atoms with Gasteiger partial charge >= 0.3 is 5.97 Å². The Hall–Kier alpha value is -1.41. The first-order valence-electron chi connectivity index (χ1n) is 3.38. The Balaban J connectivity index is 3.11. The van der Waals surface area contributed by atoms with Gasteiger partial charge in [0.1, 0.15) is 0 Å². The Kier molecular flexibility index (Phi) is 5.85. The molecule has 0 saturated carbocycles. The molecule has 0 aromatic rings. The Morgan fingerprint density at radius 3 is 2.64 bits per heavy atom. The van der Waals surface area contributed by atoms with Gasteiger partial charge in [-0.2, -0.15) is 0 Å². The predicted molar refractivity (Wildman–Crippen MR) is 42.5 cm³/mol. The maximum atomic E-state index is 10.3. The Morgan fingerprint density at radius 2 is 2.09 bits per heavy atom. The lowest BCUT2D eigenvalue weighted by Crippen LogP contribution is -2.01. The van der Waals surface area contributed by atoms with E-state index in [4.69, 9.17) is 12.8 Å². The van der Waals surface area contributed by atoms with Crippen molar-refractivity contribution < 1.29 is 9.53 Å². The number of rotatable bonds is 4. The van der Waals surface area contributed by atoms with Crippen LogP contribution >= 0.6 is 0 Å². The normalized spacial score (nSPS) is 7.82.